The highest BCUT2D eigenvalue weighted by molar-refractivity contribution is 5.84. The molecule has 0 aromatic rings. The van der Waals surface area contributed by atoms with Gasteiger partial charge in [-0.15, -0.1) is 0 Å². The lowest BCUT2D eigenvalue weighted by Gasteiger charge is -2.33. The lowest BCUT2D eigenvalue weighted by molar-refractivity contribution is -0.168. The van der Waals surface area contributed by atoms with E-state index in [-0.39, 0.29) is 23.8 Å². The van der Waals surface area contributed by atoms with Gasteiger partial charge < -0.3 is 14.2 Å². The van der Waals surface area contributed by atoms with Crippen LogP contribution >= 0.6 is 0 Å². The van der Waals surface area contributed by atoms with E-state index in [0.29, 0.717) is 56.8 Å². The summed E-state index contributed by atoms with van der Waals surface area (Å²) < 4.78 is 17.3. The molecule has 6 atom stereocenters. The Hall–Kier alpha value is -1.59. The third-order valence-corrected chi connectivity index (χ3v) is 8.80. The zero-order valence-corrected chi connectivity index (χ0v) is 26.1. The lowest BCUT2D eigenvalue weighted by atomic mass is 9.74. The molecule has 0 bridgehead atoms. The van der Waals surface area contributed by atoms with Gasteiger partial charge in [0.25, 0.3) is 0 Å². The number of esters is 3. The Morgan fingerprint density at radius 3 is 1.33 bits per heavy atom. The SMILES string of the molecule is CCCCC(CC)COC(=O)C1CCC(C(=O)OCC(CC)CCCC)C(C(=O)OCC(CC)CCCC)C1. The number of carbonyl (C=O) groups excluding carboxylic acids is 3. The standard InChI is InChI=1S/C33H60O6/c1-7-13-16-25(10-4)22-37-31(34)28-19-20-29(32(35)38-23-26(11-5)17-14-8-2)30(21-28)33(36)39-24-27(12-6)18-15-9-3/h25-30H,7-24H2,1-6H3. The minimum atomic E-state index is -0.662. The summed E-state index contributed by atoms with van der Waals surface area (Å²) in [6.07, 6.45) is 14.0. The van der Waals surface area contributed by atoms with Gasteiger partial charge in [0, 0.05) is 0 Å². The van der Waals surface area contributed by atoms with Crippen molar-refractivity contribution in [2.24, 2.45) is 35.5 Å². The van der Waals surface area contributed by atoms with Gasteiger partial charge in [-0.1, -0.05) is 99.3 Å². The zero-order chi connectivity index (χ0) is 29.0. The molecule has 228 valence electrons. The van der Waals surface area contributed by atoms with E-state index in [1.165, 1.54) is 0 Å². The summed E-state index contributed by atoms with van der Waals surface area (Å²) in [5.74, 6) is -1.50. The first-order valence-corrected chi connectivity index (χ1v) is 16.3. The molecule has 0 saturated heterocycles. The van der Waals surface area contributed by atoms with Crippen LogP contribution in [0.4, 0.5) is 0 Å². The Morgan fingerprint density at radius 1 is 0.564 bits per heavy atom. The average Bonchev–Trinajstić information content (AvgIpc) is 2.96. The molecule has 0 N–H and O–H groups in total. The molecule has 0 radical (unpaired) electrons. The van der Waals surface area contributed by atoms with Gasteiger partial charge in [-0.25, -0.2) is 0 Å². The van der Waals surface area contributed by atoms with Crippen LogP contribution in [0.1, 0.15) is 138 Å². The molecule has 0 heterocycles. The molecule has 1 aliphatic carbocycles. The summed E-state index contributed by atoms with van der Waals surface area (Å²) in [5.41, 5.74) is 0. The van der Waals surface area contributed by atoms with Crippen molar-refractivity contribution in [3.05, 3.63) is 0 Å². The van der Waals surface area contributed by atoms with Crippen LogP contribution in [0, 0.1) is 35.5 Å². The van der Waals surface area contributed by atoms with Crippen LogP contribution < -0.4 is 0 Å². The van der Waals surface area contributed by atoms with Crippen molar-refractivity contribution in [3.63, 3.8) is 0 Å². The van der Waals surface area contributed by atoms with Crippen LogP contribution in [0.2, 0.25) is 0 Å². The lowest BCUT2D eigenvalue weighted by Crippen LogP contribution is -2.40. The predicted molar refractivity (Wildman–Crippen MR) is 157 cm³/mol. The molecule has 0 aromatic heterocycles. The number of hydrogen-bond acceptors (Lipinski definition) is 6. The van der Waals surface area contributed by atoms with Crippen LogP contribution in [0.25, 0.3) is 0 Å². The molecule has 0 aromatic carbocycles. The van der Waals surface area contributed by atoms with Crippen molar-refractivity contribution in [2.75, 3.05) is 19.8 Å². The monoisotopic (exact) mass is 552 g/mol. The second kappa shape index (κ2) is 21.2. The van der Waals surface area contributed by atoms with Crippen LogP contribution in [-0.4, -0.2) is 37.7 Å². The summed E-state index contributed by atoms with van der Waals surface area (Å²) in [4.78, 5) is 39.6. The first-order chi connectivity index (χ1) is 18.8. The normalized spacial score (nSPS) is 21.5. The van der Waals surface area contributed by atoms with Gasteiger partial charge in [0.05, 0.1) is 37.6 Å². The van der Waals surface area contributed by atoms with E-state index in [9.17, 15) is 14.4 Å². The summed E-state index contributed by atoms with van der Waals surface area (Å²) in [6.45, 7) is 14.1. The number of unbranched alkanes of at least 4 members (excludes halogenated alkanes) is 3. The van der Waals surface area contributed by atoms with Gasteiger partial charge in [0.2, 0.25) is 0 Å². The number of rotatable bonds is 21. The number of hydrogen-bond donors (Lipinski definition) is 0. The van der Waals surface area contributed by atoms with E-state index in [1.807, 2.05) is 0 Å². The Kier molecular flexibility index (Phi) is 19.3. The summed E-state index contributed by atoms with van der Waals surface area (Å²) >= 11 is 0. The van der Waals surface area contributed by atoms with Crippen molar-refractivity contribution in [3.8, 4) is 0 Å². The first kappa shape index (κ1) is 35.4. The highest BCUT2D eigenvalue weighted by Crippen LogP contribution is 2.37. The van der Waals surface area contributed by atoms with Crippen molar-refractivity contribution in [2.45, 2.75) is 138 Å². The Labute approximate surface area is 239 Å². The summed E-state index contributed by atoms with van der Waals surface area (Å²) in [7, 11) is 0. The number of ether oxygens (including phenoxy) is 3. The predicted octanol–water partition coefficient (Wildman–Crippen LogP) is 8.30. The second-order valence-electron chi connectivity index (χ2n) is 11.9. The van der Waals surface area contributed by atoms with Crippen molar-refractivity contribution >= 4 is 17.9 Å². The van der Waals surface area contributed by atoms with Gasteiger partial charge in [0.1, 0.15) is 0 Å². The van der Waals surface area contributed by atoms with E-state index in [2.05, 4.69) is 41.5 Å². The molecule has 6 nitrogen and oxygen atoms in total. The Bertz CT molecular complexity index is 677. The molecule has 1 aliphatic rings. The van der Waals surface area contributed by atoms with Gasteiger partial charge in [0.15, 0.2) is 0 Å². The molecule has 0 amide bonds. The molecule has 6 unspecified atom stereocenters. The molecule has 0 aliphatic heterocycles. The third-order valence-electron chi connectivity index (χ3n) is 8.80. The minimum absolute atomic E-state index is 0.241. The molecular weight excluding hydrogens is 492 g/mol. The molecule has 1 rings (SSSR count). The maximum Gasteiger partial charge on any atom is 0.309 e. The van der Waals surface area contributed by atoms with Gasteiger partial charge in [-0.2, -0.15) is 0 Å². The molecule has 39 heavy (non-hydrogen) atoms. The Balaban J connectivity index is 2.88. The number of carbonyl (C=O) groups is 3. The van der Waals surface area contributed by atoms with E-state index in [0.717, 1.165) is 77.0 Å². The van der Waals surface area contributed by atoms with Crippen molar-refractivity contribution in [1.29, 1.82) is 0 Å². The van der Waals surface area contributed by atoms with E-state index in [1.54, 1.807) is 0 Å². The summed E-state index contributed by atoms with van der Waals surface area (Å²) in [5, 5.41) is 0. The average molecular weight is 553 g/mol. The quantitative estimate of drug-likeness (QED) is 0.105. The van der Waals surface area contributed by atoms with E-state index >= 15 is 0 Å². The van der Waals surface area contributed by atoms with Gasteiger partial charge >= 0.3 is 17.9 Å². The van der Waals surface area contributed by atoms with Gasteiger partial charge in [-0.05, 0) is 56.3 Å². The molecule has 0 spiro atoms. The topological polar surface area (TPSA) is 78.9 Å². The highest BCUT2D eigenvalue weighted by atomic mass is 16.5. The van der Waals surface area contributed by atoms with Crippen LogP contribution in [-0.2, 0) is 28.6 Å². The third kappa shape index (κ3) is 13.5. The molecule has 6 heteroatoms. The van der Waals surface area contributed by atoms with Crippen LogP contribution in [0.3, 0.4) is 0 Å². The minimum Gasteiger partial charge on any atom is -0.465 e. The van der Waals surface area contributed by atoms with E-state index in [4.69, 9.17) is 14.2 Å². The van der Waals surface area contributed by atoms with E-state index < -0.39 is 11.8 Å². The highest BCUT2D eigenvalue weighted by Gasteiger charge is 2.44. The molecule has 1 fully saturated rings. The second-order valence-corrected chi connectivity index (χ2v) is 11.9. The van der Waals surface area contributed by atoms with Crippen molar-refractivity contribution in [1.82, 2.24) is 0 Å². The molecular formula is C33H60O6. The van der Waals surface area contributed by atoms with Crippen LogP contribution in [0.5, 0.6) is 0 Å². The maximum atomic E-state index is 13.4. The van der Waals surface area contributed by atoms with Gasteiger partial charge in [-0.3, -0.25) is 14.4 Å². The first-order valence-electron chi connectivity index (χ1n) is 16.3. The van der Waals surface area contributed by atoms with Crippen LogP contribution in [0.15, 0.2) is 0 Å². The zero-order valence-electron chi connectivity index (χ0n) is 26.1. The Morgan fingerprint density at radius 2 is 0.949 bits per heavy atom. The fourth-order valence-corrected chi connectivity index (χ4v) is 5.55. The fraction of sp³-hybridized carbons (Fsp3) is 0.909. The fourth-order valence-electron chi connectivity index (χ4n) is 5.55. The molecule has 1 saturated carbocycles. The summed E-state index contributed by atoms with van der Waals surface area (Å²) in [6, 6.07) is 0. The smallest absolute Gasteiger partial charge is 0.309 e. The largest absolute Gasteiger partial charge is 0.465 e. The van der Waals surface area contributed by atoms with Crippen molar-refractivity contribution < 1.29 is 28.6 Å². The maximum absolute atomic E-state index is 13.4.